The molecule has 0 aliphatic heterocycles. The molecule has 13 nitrogen and oxygen atoms in total. The standard InChI is InChI=1S/C6H15NO3.3BH3O3/c8-4-1-7(2-5-9)3-6-10;3*2-1(3)4/h8-10H,1-6H2;3*2-4H. The fourth-order valence-corrected chi connectivity index (χ4v) is 0.760. The van der Waals surface area contributed by atoms with Crippen LogP contribution < -0.4 is 0 Å². The smallest absolute Gasteiger partial charge is 0.402 e. The van der Waals surface area contributed by atoms with Crippen LogP contribution in [0.2, 0.25) is 0 Å². The van der Waals surface area contributed by atoms with Gasteiger partial charge in [-0.25, -0.2) is 0 Å². The molecule has 0 rings (SSSR count). The van der Waals surface area contributed by atoms with E-state index in [4.69, 9.17) is 60.5 Å². The first-order valence-corrected chi connectivity index (χ1v) is 5.72. The SMILES string of the molecule is OB(O)O.OB(O)O.OB(O)O.OCCN(CCO)CCO. The summed E-state index contributed by atoms with van der Waals surface area (Å²) in [5.74, 6) is 0. The summed E-state index contributed by atoms with van der Waals surface area (Å²) < 4.78 is 0. The van der Waals surface area contributed by atoms with E-state index in [1.54, 1.807) is 4.90 Å². The Labute approximate surface area is 128 Å². The maximum atomic E-state index is 8.48. The zero-order valence-corrected chi connectivity index (χ0v) is 11.8. The number of nitrogens with zero attached hydrogens (tertiary/aromatic N) is 1. The maximum absolute atomic E-state index is 8.48. The average Bonchev–Trinajstić information content (AvgIpc) is 2.27. The Morgan fingerprint density at radius 2 is 0.591 bits per heavy atom. The second kappa shape index (κ2) is 25.6. The van der Waals surface area contributed by atoms with Crippen LogP contribution in [0.4, 0.5) is 0 Å². The Morgan fingerprint density at radius 1 is 0.455 bits per heavy atom. The van der Waals surface area contributed by atoms with Crippen molar-refractivity contribution >= 4 is 22.0 Å². The molecule has 0 radical (unpaired) electrons. The summed E-state index contributed by atoms with van der Waals surface area (Å²) in [6.07, 6.45) is 0. The molecular formula is C6H24B3NO12. The molecule has 0 aromatic carbocycles. The summed E-state index contributed by atoms with van der Waals surface area (Å²) in [5.41, 5.74) is 0. The number of hydrogen-bond donors (Lipinski definition) is 12. The van der Waals surface area contributed by atoms with Gasteiger partial charge in [-0.1, -0.05) is 0 Å². The van der Waals surface area contributed by atoms with Crippen LogP contribution in [0, 0.1) is 0 Å². The molecule has 134 valence electrons. The maximum Gasteiger partial charge on any atom is 0.631 e. The van der Waals surface area contributed by atoms with Crippen LogP contribution in [0.5, 0.6) is 0 Å². The Kier molecular flexibility index (Phi) is 34.5. The molecule has 16 heteroatoms. The van der Waals surface area contributed by atoms with E-state index in [2.05, 4.69) is 0 Å². The number of aliphatic hydroxyl groups is 3. The van der Waals surface area contributed by atoms with E-state index in [9.17, 15) is 0 Å². The van der Waals surface area contributed by atoms with Gasteiger partial charge < -0.3 is 60.5 Å². The summed E-state index contributed by atoms with van der Waals surface area (Å²) in [6.45, 7) is 1.75. The minimum atomic E-state index is -2.17. The highest BCUT2D eigenvalue weighted by Gasteiger charge is 2.00. The summed E-state index contributed by atoms with van der Waals surface area (Å²) in [4.78, 5) is 1.79. The summed E-state index contributed by atoms with van der Waals surface area (Å²) in [5, 5.41) is 90.0. The van der Waals surface area contributed by atoms with Crippen molar-refractivity contribution in [2.75, 3.05) is 39.5 Å². The van der Waals surface area contributed by atoms with Crippen LogP contribution in [0.25, 0.3) is 0 Å². The van der Waals surface area contributed by atoms with Crippen molar-refractivity contribution in [1.82, 2.24) is 4.90 Å². The van der Waals surface area contributed by atoms with E-state index in [1.165, 1.54) is 0 Å². The molecule has 0 unspecified atom stereocenters. The molecule has 0 atom stereocenters. The van der Waals surface area contributed by atoms with Crippen molar-refractivity contribution in [3.8, 4) is 0 Å². The monoisotopic (exact) mass is 335 g/mol. The van der Waals surface area contributed by atoms with E-state index in [0.29, 0.717) is 19.6 Å². The highest BCUT2D eigenvalue weighted by atomic mass is 16.5. The normalized spacial score (nSPS) is 8.59. The fraction of sp³-hybridized carbons (Fsp3) is 1.00. The van der Waals surface area contributed by atoms with Crippen LogP contribution >= 0.6 is 0 Å². The summed E-state index contributed by atoms with van der Waals surface area (Å²) in [7, 11) is -6.50. The first-order chi connectivity index (χ1) is 10.0. The molecule has 0 aliphatic rings. The number of rotatable bonds is 6. The third-order valence-electron chi connectivity index (χ3n) is 1.25. The Balaban J connectivity index is -0.000000112. The van der Waals surface area contributed by atoms with Crippen molar-refractivity contribution in [1.29, 1.82) is 0 Å². The van der Waals surface area contributed by atoms with Gasteiger partial charge in [0.1, 0.15) is 0 Å². The lowest BCUT2D eigenvalue weighted by atomic mass is 10.3. The van der Waals surface area contributed by atoms with Gasteiger partial charge in [0.25, 0.3) is 0 Å². The van der Waals surface area contributed by atoms with Crippen LogP contribution in [-0.4, -0.2) is 127 Å². The van der Waals surface area contributed by atoms with Crippen molar-refractivity contribution in [2.24, 2.45) is 0 Å². The van der Waals surface area contributed by atoms with E-state index >= 15 is 0 Å². The second-order valence-electron chi connectivity index (χ2n) is 3.05. The Morgan fingerprint density at radius 3 is 0.682 bits per heavy atom. The Bertz CT molecular complexity index is 142. The summed E-state index contributed by atoms with van der Waals surface area (Å²) in [6, 6.07) is 0. The van der Waals surface area contributed by atoms with E-state index in [1.807, 2.05) is 0 Å². The average molecular weight is 335 g/mol. The molecule has 0 aliphatic carbocycles. The molecule has 0 aromatic heterocycles. The Hall–Kier alpha value is -0.325. The van der Waals surface area contributed by atoms with Crippen LogP contribution in [-0.2, 0) is 0 Å². The van der Waals surface area contributed by atoms with Gasteiger partial charge in [0.2, 0.25) is 0 Å². The van der Waals surface area contributed by atoms with Gasteiger partial charge in [-0.3, -0.25) is 4.90 Å². The van der Waals surface area contributed by atoms with Gasteiger partial charge >= 0.3 is 22.0 Å². The highest BCUT2D eigenvalue weighted by Crippen LogP contribution is 1.84. The largest absolute Gasteiger partial charge is 0.631 e. The fourth-order valence-electron chi connectivity index (χ4n) is 0.760. The van der Waals surface area contributed by atoms with E-state index < -0.39 is 22.0 Å². The minimum absolute atomic E-state index is 0.0694. The van der Waals surface area contributed by atoms with Crippen molar-refractivity contribution in [3.63, 3.8) is 0 Å². The van der Waals surface area contributed by atoms with E-state index in [-0.39, 0.29) is 19.8 Å². The van der Waals surface area contributed by atoms with Crippen molar-refractivity contribution in [3.05, 3.63) is 0 Å². The molecule has 12 N–H and O–H groups in total. The van der Waals surface area contributed by atoms with Crippen molar-refractivity contribution < 1.29 is 60.5 Å². The third-order valence-corrected chi connectivity index (χ3v) is 1.25. The van der Waals surface area contributed by atoms with Crippen LogP contribution in [0.1, 0.15) is 0 Å². The molecule has 0 heterocycles. The number of hydrogen-bond acceptors (Lipinski definition) is 13. The predicted molar refractivity (Wildman–Crippen MR) is 74.9 cm³/mol. The predicted octanol–water partition coefficient (Wildman–Crippen LogP) is -7.89. The van der Waals surface area contributed by atoms with Gasteiger partial charge in [0, 0.05) is 19.6 Å². The minimum Gasteiger partial charge on any atom is -0.402 e. The summed E-state index contributed by atoms with van der Waals surface area (Å²) >= 11 is 0. The lowest BCUT2D eigenvalue weighted by molar-refractivity contribution is 0.136. The zero-order chi connectivity index (χ0) is 18.6. The number of aliphatic hydroxyl groups excluding tert-OH is 3. The second-order valence-corrected chi connectivity index (χ2v) is 3.05. The van der Waals surface area contributed by atoms with Gasteiger partial charge in [0.15, 0.2) is 0 Å². The van der Waals surface area contributed by atoms with Gasteiger partial charge in [-0.15, -0.1) is 0 Å². The first-order valence-electron chi connectivity index (χ1n) is 5.72. The lowest BCUT2D eigenvalue weighted by Crippen LogP contribution is -2.32. The van der Waals surface area contributed by atoms with Gasteiger partial charge in [-0.05, 0) is 0 Å². The molecular weight excluding hydrogens is 310 g/mol. The molecule has 0 amide bonds. The lowest BCUT2D eigenvalue weighted by Gasteiger charge is -2.17. The van der Waals surface area contributed by atoms with Gasteiger partial charge in [0.05, 0.1) is 19.8 Å². The molecule has 0 aromatic rings. The molecule has 0 spiro atoms. The molecule has 0 fully saturated rings. The molecule has 0 saturated carbocycles. The molecule has 0 bridgehead atoms. The molecule has 0 saturated heterocycles. The quantitative estimate of drug-likeness (QED) is 0.202. The highest BCUT2D eigenvalue weighted by molar-refractivity contribution is 6.31. The van der Waals surface area contributed by atoms with Crippen molar-refractivity contribution in [2.45, 2.75) is 0 Å². The van der Waals surface area contributed by atoms with Crippen LogP contribution in [0.15, 0.2) is 0 Å². The third kappa shape index (κ3) is 91.2. The first kappa shape index (κ1) is 29.7. The van der Waals surface area contributed by atoms with Gasteiger partial charge in [-0.2, -0.15) is 0 Å². The molecule has 22 heavy (non-hydrogen) atoms. The van der Waals surface area contributed by atoms with Crippen LogP contribution in [0.3, 0.4) is 0 Å². The zero-order valence-electron chi connectivity index (χ0n) is 11.8. The topological polar surface area (TPSA) is 246 Å². The van der Waals surface area contributed by atoms with E-state index in [0.717, 1.165) is 0 Å².